The number of hydrogen-bond donors (Lipinski definition) is 1. The Labute approximate surface area is 155 Å². The van der Waals surface area contributed by atoms with Crippen LogP contribution in [0.25, 0.3) is 0 Å². The van der Waals surface area contributed by atoms with Gasteiger partial charge in [0.05, 0.1) is 28.3 Å². The van der Waals surface area contributed by atoms with E-state index in [0.29, 0.717) is 17.4 Å². The molecule has 0 aromatic heterocycles. The maximum absolute atomic E-state index is 12.3. The molecule has 1 aliphatic rings. The van der Waals surface area contributed by atoms with Crippen molar-refractivity contribution in [3.63, 3.8) is 0 Å². The average molecular weight is 380 g/mol. The van der Waals surface area contributed by atoms with Gasteiger partial charge in [-0.1, -0.05) is 0 Å². The van der Waals surface area contributed by atoms with E-state index in [1.165, 1.54) is 12.0 Å². The Morgan fingerprint density at radius 1 is 1.20 bits per heavy atom. The fourth-order valence-corrected chi connectivity index (χ4v) is 2.53. The first-order valence-electron chi connectivity index (χ1n) is 7.99. The summed E-state index contributed by atoms with van der Waals surface area (Å²) in [6.45, 7) is 5.81. The summed E-state index contributed by atoms with van der Waals surface area (Å²) in [5.41, 5.74) is -0.664. The lowest BCUT2D eigenvalue weighted by Crippen LogP contribution is -3.00. The van der Waals surface area contributed by atoms with Crippen LogP contribution < -0.4 is 17.7 Å². The Morgan fingerprint density at radius 3 is 2.20 bits per heavy atom. The summed E-state index contributed by atoms with van der Waals surface area (Å²) in [6, 6.07) is -1.06. The minimum atomic E-state index is -0.751. The number of nitrogens with zero attached hydrogens (tertiary/aromatic N) is 2. The van der Waals surface area contributed by atoms with Gasteiger partial charge in [0.2, 0.25) is 0 Å². The number of hydrogen-bond acceptors (Lipinski definition) is 5. The third-order valence-electron chi connectivity index (χ3n) is 3.39. The lowest BCUT2D eigenvalue weighted by atomic mass is 10.1. The molecule has 1 aliphatic heterocycles. The summed E-state index contributed by atoms with van der Waals surface area (Å²) >= 11 is 0. The van der Waals surface area contributed by atoms with Crippen LogP contribution in [0.4, 0.5) is 4.79 Å². The van der Waals surface area contributed by atoms with Crippen LogP contribution in [0.1, 0.15) is 27.2 Å². The molecular formula is C16H30ClN3O5. The summed E-state index contributed by atoms with van der Waals surface area (Å²) < 4.78 is 10.6. The molecule has 146 valence electrons. The molecule has 0 aromatic carbocycles. The number of esters is 1. The average Bonchev–Trinajstić information content (AvgIpc) is 2.77. The van der Waals surface area contributed by atoms with Gasteiger partial charge in [0.15, 0.2) is 6.54 Å². The van der Waals surface area contributed by atoms with Gasteiger partial charge in [-0.15, -0.1) is 0 Å². The molecule has 0 unspecified atom stereocenters. The minimum absolute atomic E-state index is 0. The van der Waals surface area contributed by atoms with Gasteiger partial charge in [0, 0.05) is 19.0 Å². The molecule has 9 heteroatoms. The number of ether oxygens (including phenoxy) is 2. The van der Waals surface area contributed by atoms with E-state index < -0.39 is 23.7 Å². The van der Waals surface area contributed by atoms with Crippen LogP contribution in [-0.4, -0.2) is 86.4 Å². The molecule has 0 bridgehead atoms. The smallest absolute Gasteiger partial charge is 0.411 e. The van der Waals surface area contributed by atoms with Gasteiger partial charge in [0.25, 0.3) is 5.91 Å². The second-order valence-electron chi connectivity index (χ2n) is 8.12. The van der Waals surface area contributed by atoms with Crippen molar-refractivity contribution in [1.82, 2.24) is 10.2 Å². The van der Waals surface area contributed by atoms with Crippen LogP contribution in [0, 0.1) is 0 Å². The fourth-order valence-electron chi connectivity index (χ4n) is 2.53. The van der Waals surface area contributed by atoms with Crippen molar-refractivity contribution in [2.75, 3.05) is 41.3 Å². The van der Waals surface area contributed by atoms with E-state index >= 15 is 0 Å². The number of quaternary nitrogens is 1. The van der Waals surface area contributed by atoms with Gasteiger partial charge in [-0.05, 0) is 20.8 Å². The van der Waals surface area contributed by atoms with Crippen LogP contribution in [0.15, 0.2) is 0 Å². The predicted molar refractivity (Wildman–Crippen MR) is 88.2 cm³/mol. The number of likely N-dealkylation sites (N-methyl/N-ethyl adjacent to an activating group) is 1. The third kappa shape index (κ3) is 7.92. The molecule has 8 nitrogen and oxygen atoms in total. The highest BCUT2D eigenvalue weighted by molar-refractivity contribution is 5.83. The fraction of sp³-hybridized carbons (Fsp3) is 0.812. The van der Waals surface area contributed by atoms with Gasteiger partial charge in [0.1, 0.15) is 11.6 Å². The molecular weight excluding hydrogens is 350 g/mol. The highest BCUT2D eigenvalue weighted by Gasteiger charge is 2.42. The first-order valence-corrected chi connectivity index (χ1v) is 7.99. The summed E-state index contributed by atoms with van der Waals surface area (Å²) in [6.07, 6.45) is -0.268. The second kappa shape index (κ2) is 8.71. The molecule has 1 N–H and O–H groups in total. The topological polar surface area (TPSA) is 84.9 Å². The Kier molecular flexibility index (Phi) is 8.17. The summed E-state index contributed by atoms with van der Waals surface area (Å²) in [5, 5.41) is 2.88. The molecule has 1 fully saturated rings. The number of methoxy groups -OCH3 is 1. The number of halogens is 1. The van der Waals surface area contributed by atoms with E-state index in [1.54, 1.807) is 20.8 Å². The van der Waals surface area contributed by atoms with Crippen LogP contribution in [0.2, 0.25) is 0 Å². The Hall–Kier alpha value is -1.54. The van der Waals surface area contributed by atoms with Crippen molar-refractivity contribution in [3.05, 3.63) is 0 Å². The zero-order valence-corrected chi connectivity index (χ0v) is 16.8. The van der Waals surface area contributed by atoms with Crippen molar-refractivity contribution in [3.8, 4) is 0 Å². The van der Waals surface area contributed by atoms with Crippen molar-refractivity contribution in [2.45, 2.75) is 44.9 Å². The first kappa shape index (κ1) is 23.5. The zero-order chi connectivity index (χ0) is 18.7. The number of likely N-dealkylation sites (tertiary alicyclic amines) is 1. The van der Waals surface area contributed by atoms with E-state index in [1.807, 2.05) is 21.1 Å². The minimum Gasteiger partial charge on any atom is -1.00 e. The Morgan fingerprint density at radius 2 is 1.76 bits per heavy atom. The summed E-state index contributed by atoms with van der Waals surface area (Å²) in [4.78, 5) is 37.7. The molecule has 1 heterocycles. The standard InChI is InChI=1S/C16H29N3O5.ClH/c1-16(2,3)24-15(22)18-9-11(8-12(18)14(21)23-7)17-13(20)10-19(4,5)6;/h11-12H,8-10H2,1-7H3;1H/t11-,12+;/m0./s1. The predicted octanol–water partition coefficient (Wildman–Crippen LogP) is -2.64. The van der Waals surface area contributed by atoms with Crippen molar-refractivity contribution in [1.29, 1.82) is 0 Å². The maximum Gasteiger partial charge on any atom is 0.411 e. The molecule has 25 heavy (non-hydrogen) atoms. The van der Waals surface area contributed by atoms with Crippen LogP contribution in [-0.2, 0) is 19.1 Å². The molecule has 2 atom stereocenters. The number of amides is 2. The first-order chi connectivity index (χ1) is 10.8. The number of nitrogens with one attached hydrogen (secondary N) is 1. The molecule has 0 aliphatic carbocycles. The van der Waals surface area contributed by atoms with Crippen molar-refractivity contribution in [2.24, 2.45) is 0 Å². The SMILES string of the molecule is COC(=O)[C@H]1C[C@H](NC(=O)C[N+](C)(C)C)CN1C(=O)OC(C)(C)C.[Cl-]. The number of carbonyl (C=O) groups is 3. The van der Waals surface area contributed by atoms with Gasteiger partial charge in [-0.3, -0.25) is 9.69 Å². The monoisotopic (exact) mass is 379 g/mol. The normalized spacial score (nSPS) is 20.5. The van der Waals surface area contributed by atoms with Gasteiger partial charge in [-0.25, -0.2) is 9.59 Å². The van der Waals surface area contributed by atoms with Crippen molar-refractivity contribution >= 4 is 18.0 Å². The zero-order valence-electron chi connectivity index (χ0n) is 16.1. The van der Waals surface area contributed by atoms with Crippen LogP contribution in [0.3, 0.4) is 0 Å². The van der Waals surface area contributed by atoms with E-state index in [-0.39, 0.29) is 30.9 Å². The Balaban J connectivity index is 0.00000576. The van der Waals surface area contributed by atoms with Crippen LogP contribution >= 0.6 is 0 Å². The molecule has 0 spiro atoms. The maximum atomic E-state index is 12.3. The molecule has 1 rings (SSSR count). The van der Waals surface area contributed by atoms with E-state index in [9.17, 15) is 14.4 Å². The molecule has 2 amide bonds. The quantitative estimate of drug-likeness (QED) is 0.426. The largest absolute Gasteiger partial charge is 1.00 e. The second-order valence-corrected chi connectivity index (χ2v) is 8.12. The van der Waals surface area contributed by atoms with E-state index in [2.05, 4.69) is 5.32 Å². The molecule has 0 aromatic rings. The lowest BCUT2D eigenvalue weighted by Gasteiger charge is -2.27. The van der Waals surface area contributed by atoms with Crippen LogP contribution in [0.5, 0.6) is 0 Å². The summed E-state index contributed by atoms with van der Waals surface area (Å²) in [5.74, 6) is -0.633. The molecule has 0 radical (unpaired) electrons. The molecule has 0 saturated carbocycles. The van der Waals surface area contributed by atoms with E-state index in [0.717, 1.165) is 0 Å². The Bertz CT molecular complexity index is 499. The summed E-state index contributed by atoms with van der Waals surface area (Å²) in [7, 11) is 7.02. The number of carbonyl (C=O) groups excluding carboxylic acids is 3. The van der Waals surface area contributed by atoms with E-state index in [4.69, 9.17) is 9.47 Å². The van der Waals surface area contributed by atoms with Gasteiger partial charge in [-0.2, -0.15) is 0 Å². The highest BCUT2D eigenvalue weighted by atomic mass is 35.5. The van der Waals surface area contributed by atoms with Crippen molar-refractivity contribution < 1.29 is 40.7 Å². The molecule has 1 saturated heterocycles. The van der Waals surface area contributed by atoms with Gasteiger partial charge >= 0.3 is 12.1 Å². The lowest BCUT2D eigenvalue weighted by molar-refractivity contribution is -0.862. The highest BCUT2D eigenvalue weighted by Crippen LogP contribution is 2.22. The number of rotatable bonds is 4. The third-order valence-corrected chi connectivity index (χ3v) is 3.39. The van der Waals surface area contributed by atoms with Gasteiger partial charge < -0.3 is 31.7 Å².